The van der Waals surface area contributed by atoms with Crippen LogP contribution in [-0.2, 0) is 17.5 Å². The van der Waals surface area contributed by atoms with Gasteiger partial charge in [-0.3, -0.25) is 4.90 Å². The van der Waals surface area contributed by atoms with Crippen molar-refractivity contribution in [3.8, 4) is 5.75 Å². The molecule has 0 aromatic carbocycles. The molecule has 9 nitrogen and oxygen atoms in total. The summed E-state index contributed by atoms with van der Waals surface area (Å²) in [7, 11) is 0. The number of halogens is 3. The molecule has 2 aliphatic heterocycles. The summed E-state index contributed by atoms with van der Waals surface area (Å²) >= 11 is 0. The number of aromatic nitrogens is 5. The monoisotopic (exact) mass is 491 g/mol. The van der Waals surface area contributed by atoms with Gasteiger partial charge < -0.3 is 14.4 Å². The molecule has 0 aliphatic carbocycles. The van der Waals surface area contributed by atoms with E-state index in [-0.39, 0.29) is 18.3 Å². The van der Waals surface area contributed by atoms with Gasteiger partial charge in [0.2, 0.25) is 0 Å². The molecule has 2 saturated heterocycles. The minimum Gasteiger partial charge on any atom is -0.491 e. The third-order valence-electron chi connectivity index (χ3n) is 6.42. The molecule has 188 valence electrons. The Hall–Kier alpha value is -2.99. The molecule has 12 heteroatoms. The van der Waals surface area contributed by atoms with Crippen LogP contribution in [0.1, 0.15) is 18.5 Å². The van der Waals surface area contributed by atoms with E-state index in [1.165, 1.54) is 12.1 Å². The predicted molar refractivity (Wildman–Crippen MR) is 122 cm³/mol. The number of piperidine rings is 1. The Morgan fingerprint density at radius 1 is 1.09 bits per heavy atom. The first-order valence-corrected chi connectivity index (χ1v) is 11.9. The van der Waals surface area contributed by atoms with Crippen molar-refractivity contribution in [2.45, 2.75) is 25.6 Å². The van der Waals surface area contributed by atoms with Gasteiger partial charge in [-0.25, -0.2) is 19.6 Å². The lowest BCUT2D eigenvalue weighted by Gasteiger charge is -2.33. The molecule has 5 rings (SSSR count). The van der Waals surface area contributed by atoms with Crippen LogP contribution in [0.4, 0.5) is 19.0 Å². The van der Waals surface area contributed by atoms with Crippen LogP contribution in [0.15, 0.2) is 30.7 Å². The zero-order valence-corrected chi connectivity index (χ0v) is 19.3. The maximum atomic E-state index is 13.2. The molecule has 0 amide bonds. The largest absolute Gasteiger partial charge is 0.491 e. The number of hydrogen-bond acceptors (Lipinski definition) is 8. The molecule has 5 heterocycles. The average Bonchev–Trinajstić information content (AvgIpc) is 3.29. The van der Waals surface area contributed by atoms with Crippen LogP contribution in [0.2, 0.25) is 0 Å². The fraction of sp³-hybridized carbons (Fsp3) is 0.565. The van der Waals surface area contributed by atoms with Gasteiger partial charge in [-0.1, -0.05) is 0 Å². The highest BCUT2D eigenvalue weighted by Crippen LogP contribution is 2.34. The van der Waals surface area contributed by atoms with Gasteiger partial charge >= 0.3 is 6.18 Å². The summed E-state index contributed by atoms with van der Waals surface area (Å²) in [5, 5.41) is 4.47. The quantitative estimate of drug-likeness (QED) is 0.499. The summed E-state index contributed by atoms with van der Waals surface area (Å²) in [5.74, 6) is 0.573. The topological polar surface area (TPSA) is 81.4 Å². The molecular weight excluding hydrogens is 463 g/mol. The van der Waals surface area contributed by atoms with Crippen LogP contribution in [0.5, 0.6) is 5.75 Å². The number of fused-ring (bicyclic) bond motifs is 1. The van der Waals surface area contributed by atoms with Gasteiger partial charge in [0.15, 0.2) is 11.3 Å². The van der Waals surface area contributed by atoms with Gasteiger partial charge in [-0.2, -0.15) is 18.3 Å². The number of pyridine rings is 1. The van der Waals surface area contributed by atoms with Gasteiger partial charge in [0.25, 0.3) is 0 Å². The lowest BCUT2D eigenvalue weighted by atomic mass is 9.99. The molecular formula is C23H28F3N7O2. The maximum Gasteiger partial charge on any atom is 0.437 e. The molecule has 35 heavy (non-hydrogen) atoms. The van der Waals surface area contributed by atoms with Crippen LogP contribution >= 0.6 is 0 Å². The van der Waals surface area contributed by atoms with E-state index in [0.717, 1.165) is 75.4 Å². The first kappa shape index (κ1) is 23.7. The fourth-order valence-electron chi connectivity index (χ4n) is 4.55. The fourth-order valence-corrected chi connectivity index (χ4v) is 4.55. The van der Waals surface area contributed by atoms with Crippen molar-refractivity contribution in [1.82, 2.24) is 29.6 Å². The number of alkyl halides is 3. The minimum atomic E-state index is -4.55. The van der Waals surface area contributed by atoms with Crippen LogP contribution in [-0.4, -0.2) is 82.2 Å². The Labute approximate surface area is 200 Å². The van der Waals surface area contributed by atoms with Crippen LogP contribution in [0.3, 0.4) is 0 Å². The summed E-state index contributed by atoms with van der Waals surface area (Å²) in [6.07, 6.45) is 1.80. The molecule has 0 N–H and O–H groups in total. The molecule has 3 aromatic rings. The molecule has 0 saturated carbocycles. The Morgan fingerprint density at radius 3 is 2.77 bits per heavy atom. The third kappa shape index (κ3) is 5.64. The SMILES string of the molecule is FC(F)(F)c1ncccc1OCC1CCCN(c2cnc3cnn(CCN4CCOCC4)c3n2)C1. The zero-order valence-electron chi connectivity index (χ0n) is 19.3. The van der Waals surface area contributed by atoms with Crippen molar-refractivity contribution in [3.05, 3.63) is 36.4 Å². The van der Waals surface area contributed by atoms with Gasteiger partial charge in [0.1, 0.15) is 17.1 Å². The zero-order chi connectivity index (χ0) is 24.3. The number of ether oxygens (including phenoxy) is 2. The summed E-state index contributed by atoms with van der Waals surface area (Å²) in [5.41, 5.74) is 0.484. The van der Waals surface area contributed by atoms with E-state index in [1.807, 2.05) is 4.68 Å². The lowest BCUT2D eigenvalue weighted by molar-refractivity contribution is -0.142. The van der Waals surface area contributed by atoms with E-state index in [1.54, 1.807) is 12.4 Å². The Kier molecular flexibility index (Phi) is 7.00. The Bertz CT molecular complexity index is 1130. The number of anilines is 1. The second-order valence-electron chi connectivity index (χ2n) is 8.87. The smallest absolute Gasteiger partial charge is 0.437 e. The van der Waals surface area contributed by atoms with E-state index in [4.69, 9.17) is 14.5 Å². The van der Waals surface area contributed by atoms with Crippen LogP contribution < -0.4 is 9.64 Å². The molecule has 0 radical (unpaired) electrons. The molecule has 0 bridgehead atoms. The Morgan fingerprint density at radius 2 is 1.94 bits per heavy atom. The molecule has 2 aliphatic rings. The number of rotatable bonds is 7. The lowest BCUT2D eigenvalue weighted by Crippen LogP contribution is -2.38. The Balaban J connectivity index is 1.24. The summed E-state index contributed by atoms with van der Waals surface area (Å²) in [6, 6.07) is 2.76. The maximum absolute atomic E-state index is 13.2. The van der Waals surface area contributed by atoms with Crippen molar-refractivity contribution in [2.24, 2.45) is 5.92 Å². The van der Waals surface area contributed by atoms with Crippen LogP contribution in [0, 0.1) is 5.92 Å². The second-order valence-corrected chi connectivity index (χ2v) is 8.87. The highest BCUT2D eigenvalue weighted by molar-refractivity contribution is 5.71. The molecule has 0 spiro atoms. The van der Waals surface area contributed by atoms with E-state index >= 15 is 0 Å². The molecule has 2 fully saturated rings. The van der Waals surface area contributed by atoms with Gasteiger partial charge in [-0.15, -0.1) is 0 Å². The van der Waals surface area contributed by atoms with E-state index < -0.39 is 11.9 Å². The minimum absolute atomic E-state index is 0.0637. The third-order valence-corrected chi connectivity index (χ3v) is 6.42. The van der Waals surface area contributed by atoms with Gasteiger partial charge in [0.05, 0.1) is 38.8 Å². The van der Waals surface area contributed by atoms with Crippen molar-refractivity contribution in [2.75, 3.05) is 57.4 Å². The molecule has 3 aromatic heterocycles. The summed E-state index contributed by atoms with van der Waals surface area (Å²) in [6.45, 7) is 6.52. The van der Waals surface area contributed by atoms with Gasteiger partial charge in [0, 0.05) is 44.8 Å². The van der Waals surface area contributed by atoms with Crippen LogP contribution in [0.25, 0.3) is 11.2 Å². The second kappa shape index (κ2) is 10.3. The van der Waals surface area contributed by atoms with Crippen molar-refractivity contribution >= 4 is 17.0 Å². The van der Waals surface area contributed by atoms with Crippen molar-refractivity contribution < 1.29 is 22.6 Å². The predicted octanol–water partition coefficient (Wildman–Crippen LogP) is 2.87. The highest BCUT2D eigenvalue weighted by atomic mass is 19.4. The number of hydrogen-bond donors (Lipinski definition) is 0. The summed E-state index contributed by atoms with van der Waals surface area (Å²) in [4.78, 5) is 17.3. The summed E-state index contributed by atoms with van der Waals surface area (Å²) < 4.78 is 52.5. The highest BCUT2D eigenvalue weighted by Gasteiger charge is 2.36. The molecule has 1 atom stereocenters. The average molecular weight is 492 g/mol. The van der Waals surface area contributed by atoms with Gasteiger partial charge in [-0.05, 0) is 25.0 Å². The first-order valence-electron chi connectivity index (χ1n) is 11.9. The number of morpholine rings is 1. The van der Waals surface area contributed by atoms with E-state index in [9.17, 15) is 13.2 Å². The normalized spacial score (nSPS) is 19.9. The van der Waals surface area contributed by atoms with Crippen molar-refractivity contribution in [1.29, 1.82) is 0 Å². The van der Waals surface area contributed by atoms with Crippen molar-refractivity contribution in [3.63, 3.8) is 0 Å². The standard InChI is InChI=1S/C23H28F3N7O2/c24-23(25,26)21-19(4-1-5-27-21)35-16-17-3-2-6-32(15-17)20-14-28-18-13-29-33(22(18)30-20)8-7-31-9-11-34-12-10-31/h1,4-5,13-14,17H,2-3,6-12,15-16H2. The first-order chi connectivity index (χ1) is 17.0. The van der Waals surface area contributed by atoms with E-state index in [2.05, 4.69) is 24.9 Å². The van der Waals surface area contributed by atoms with E-state index in [0.29, 0.717) is 13.1 Å². The number of nitrogens with zero attached hydrogens (tertiary/aromatic N) is 7. The molecule has 1 unspecified atom stereocenters.